The van der Waals surface area contributed by atoms with E-state index in [2.05, 4.69) is 70.2 Å². The third kappa shape index (κ3) is 2.33. The molecule has 1 aromatic carbocycles. The quantitative estimate of drug-likeness (QED) is 0.529. The molecule has 1 aromatic rings. The Hall–Kier alpha value is -1.30. The second-order valence-corrected chi connectivity index (χ2v) is 7.80. The van der Waals surface area contributed by atoms with Gasteiger partial charge >= 0.3 is 0 Å². The summed E-state index contributed by atoms with van der Waals surface area (Å²) in [6.07, 6.45) is 16.3. The van der Waals surface area contributed by atoms with Crippen LogP contribution in [0.3, 0.4) is 0 Å². The summed E-state index contributed by atoms with van der Waals surface area (Å²) in [5.41, 5.74) is 5.53. The summed E-state index contributed by atoms with van der Waals surface area (Å²) in [4.78, 5) is 0. The van der Waals surface area contributed by atoms with Crippen LogP contribution in [0.1, 0.15) is 77.3 Å². The van der Waals surface area contributed by atoms with Gasteiger partial charge in [0.05, 0.1) is 0 Å². The second-order valence-electron chi connectivity index (χ2n) is 7.80. The van der Waals surface area contributed by atoms with Gasteiger partial charge in [-0.05, 0) is 55.6 Å². The average molecular weight is 323 g/mol. The fraction of sp³-hybridized carbons (Fsp3) is 0.583. The normalized spacial score (nSPS) is 31.8. The minimum atomic E-state index is 0.290. The van der Waals surface area contributed by atoms with Crippen molar-refractivity contribution in [2.45, 2.75) is 78.1 Å². The van der Waals surface area contributed by atoms with Crippen LogP contribution in [0.2, 0.25) is 0 Å². The number of allylic oxidation sites excluding steroid dienone is 4. The summed E-state index contributed by atoms with van der Waals surface area (Å²) in [7, 11) is 0. The van der Waals surface area contributed by atoms with Gasteiger partial charge in [0.15, 0.2) is 0 Å². The molecule has 3 unspecified atom stereocenters. The van der Waals surface area contributed by atoms with Gasteiger partial charge in [0.1, 0.15) is 0 Å². The fourth-order valence-electron chi connectivity index (χ4n) is 6.17. The topological polar surface area (TPSA) is 0 Å². The van der Waals surface area contributed by atoms with Crippen LogP contribution in [0.25, 0.3) is 0 Å². The van der Waals surface area contributed by atoms with Gasteiger partial charge < -0.3 is 0 Å². The first-order valence-corrected chi connectivity index (χ1v) is 10.2. The molecule has 0 N–H and O–H groups in total. The lowest BCUT2D eigenvalue weighted by atomic mass is 9.49. The van der Waals surface area contributed by atoms with Crippen molar-refractivity contribution in [3.8, 4) is 0 Å². The average Bonchev–Trinajstić information content (AvgIpc) is 3.02. The van der Waals surface area contributed by atoms with Crippen molar-refractivity contribution in [2.75, 3.05) is 0 Å². The van der Waals surface area contributed by atoms with Gasteiger partial charge in [-0.1, -0.05) is 82.2 Å². The van der Waals surface area contributed by atoms with Gasteiger partial charge in [-0.25, -0.2) is 0 Å². The predicted molar refractivity (Wildman–Crippen MR) is 105 cm³/mol. The fourth-order valence-corrected chi connectivity index (χ4v) is 6.17. The van der Waals surface area contributed by atoms with Crippen molar-refractivity contribution in [1.29, 1.82) is 0 Å². The van der Waals surface area contributed by atoms with Gasteiger partial charge in [-0.3, -0.25) is 0 Å². The van der Waals surface area contributed by atoms with E-state index in [-0.39, 0.29) is 5.41 Å². The molecule has 0 spiro atoms. The first kappa shape index (κ1) is 17.5. The van der Waals surface area contributed by atoms with Crippen LogP contribution in [0.5, 0.6) is 0 Å². The molecule has 0 aliphatic heterocycles. The Bertz CT molecular complexity index is 635. The minimum absolute atomic E-state index is 0.290. The highest BCUT2D eigenvalue weighted by molar-refractivity contribution is 5.46. The van der Waals surface area contributed by atoms with E-state index in [4.69, 9.17) is 0 Å². The van der Waals surface area contributed by atoms with Crippen LogP contribution in [-0.2, 0) is 11.8 Å². The molecule has 2 aliphatic carbocycles. The van der Waals surface area contributed by atoms with Crippen LogP contribution in [0.4, 0.5) is 0 Å². The van der Waals surface area contributed by atoms with Gasteiger partial charge in [0.25, 0.3) is 0 Å². The molecular formula is C24H34. The Balaban J connectivity index is 2.21. The maximum Gasteiger partial charge on any atom is 0.00530 e. The molecule has 24 heavy (non-hydrogen) atoms. The van der Waals surface area contributed by atoms with Crippen molar-refractivity contribution >= 4 is 0 Å². The number of fused-ring (bicyclic) bond motifs is 1. The largest absolute Gasteiger partial charge is 0.0768 e. The monoisotopic (exact) mass is 322 g/mol. The van der Waals surface area contributed by atoms with E-state index in [1.807, 2.05) is 0 Å². The molecule has 0 saturated heterocycles. The highest BCUT2D eigenvalue weighted by Crippen LogP contribution is 2.62. The van der Waals surface area contributed by atoms with E-state index in [1.54, 1.807) is 16.7 Å². The molecule has 3 atom stereocenters. The lowest BCUT2D eigenvalue weighted by Gasteiger charge is -2.54. The number of hydrogen-bond acceptors (Lipinski definition) is 0. The smallest absolute Gasteiger partial charge is 0.00530 e. The first-order valence-electron chi connectivity index (χ1n) is 10.2. The summed E-state index contributed by atoms with van der Waals surface area (Å²) < 4.78 is 0. The Morgan fingerprint density at radius 3 is 2.54 bits per heavy atom. The van der Waals surface area contributed by atoms with E-state index in [1.165, 1.54) is 44.9 Å². The molecular weight excluding hydrogens is 288 g/mol. The highest BCUT2D eigenvalue weighted by Gasteiger charge is 2.55. The molecule has 0 heteroatoms. The zero-order valence-corrected chi connectivity index (χ0v) is 16.1. The summed E-state index contributed by atoms with van der Waals surface area (Å²) in [5, 5.41) is 0. The molecule has 0 nitrogen and oxygen atoms in total. The second kappa shape index (κ2) is 6.90. The SMILES string of the molecule is CCCC1(C2(CC)CCc3ccccc32)C=CC=C(CC)C1CC. The zero-order chi connectivity index (χ0) is 17.2. The molecule has 0 saturated carbocycles. The highest BCUT2D eigenvalue weighted by atomic mass is 14.6. The third-order valence-corrected chi connectivity index (χ3v) is 7.10. The molecule has 3 rings (SSSR count). The van der Waals surface area contributed by atoms with Crippen LogP contribution >= 0.6 is 0 Å². The summed E-state index contributed by atoms with van der Waals surface area (Å²) in [6.45, 7) is 9.55. The molecule has 0 fully saturated rings. The molecule has 0 bridgehead atoms. The maximum atomic E-state index is 2.62. The van der Waals surface area contributed by atoms with Crippen molar-refractivity contribution in [3.63, 3.8) is 0 Å². The molecule has 2 aliphatic rings. The van der Waals surface area contributed by atoms with Crippen LogP contribution in [0.15, 0.2) is 48.1 Å². The van der Waals surface area contributed by atoms with Gasteiger partial charge in [-0.2, -0.15) is 0 Å². The summed E-state index contributed by atoms with van der Waals surface area (Å²) >= 11 is 0. The van der Waals surface area contributed by atoms with E-state index >= 15 is 0 Å². The van der Waals surface area contributed by atoms with Crippen molar-refractivity contribution < 1.29 is 0 Å². The number of rotatable bonds is 6. The minimum Gasteiger partial charge on any atom is -0.0768 e. The summed E-state index contributed by atoms with van der Waals surface area (Å²) in [6, 6.07) is 9.30. The number of hydrogen-bond donors (Lipinski definition) is 0. The van der Waals surface area contributed by atoms with Crippen LogP contribution < -0.4 is 0 Å². The van der Waals surface area contributed by atoms with Crippen LogP contribution in [0, 0.1) is 11.3 Å². The number of benzene rings is 1. The Labute approximate surface area is 149 Å². The molecule has 0 radical (unpaired) electrons. The molecule has 130 valence electrons. The van der Waals surface area contributed by atoms with E-state index in [0.29, 0.717) is 11.3 Å². The van der Waals surface area contributed by atoms with Crippen LogP contribution in [-0.4, -0.2) is 0 Å². The van der Waals surface area contributed by atoms with Gasteiger partial charge in [-0.15, -0.1) is 0 Å². The maximum absolute atomic E-state index is 2.62. The van der Waals surface area contributed by atoms with Gasteiger partial charge in [0.2, 0.25) is 0 Å². The molecule has 0 heterocycles. The van der Waals surface area contributed by atoms with E-state index in [9.17, 15) is 0 Å². The van der Waals surface area contributed by atoms with Gasteiger partial charge in [0, 0.05) is 10.8 Å². The summed E-state index contributed by atoms with van der Waals surface area (Å²) in [5.74, 6) is 0.693. The van der Waals surface area contributed by atoms with E-state index in [0.717, 1.165) is 0 Å². The Morgan fingerprint density at radius 1 is 1.08 bits per heavy atom. The Kier molecular flexibility index (Phi) is 5.04. The zero-order valence-electron chi connectivity index (χ0n) is 16.1. The lowest BCUT2D eigenvalue weighted by molar-refractivity contribution is 0.0848. The van der Waals surface area contributed by atoms with Crippen molar-refractivity contribution in [3.05, 3.63) is 59.2 Å². The van der Waals surface area contributed by atoms with Crippen molar-refractivity contribution in [2.24, 2.45) is 11.3 Å². The first-order chi connectivity index (χ1) is 11.7. The Morgan fingerprint density at radius 2 is 1.88 bits per heavy atom. The predicted octanol–water partition coefficient (Wildman–Crippen LogP) is 7.00. The standard InChI is InChI=1S/C24H34/c1-5-16-24(17-11-13-19(6-2)21(24)7-3)23(8-4)18-15-20-12-9-10-14-22(20)23/h9-14,17,21H,5-8,15-16,18H2,1-4H3. The lowest BCUT2D eigenvalue weighted by Crippen LogP contribution is -2.49. The third-order valence-electron chi connectivity index (χ3n) is 7.10. The molecule has 0 aromatic heterocycles. The van der Waals surface area contributed by atoms with E-state index < -0.39 is 0 Å². The number of aryl methyl sites for hydroxylation is 1. The van der Waals surface area contributed by atoms with Crippen molar-refractivity contribution in [1.82, 2.24) is 0 Å². The molecule has 0 amide bonds.